The Kier molecular flexibility index (Phi) is 5.20. The number of benzene rings is 2. The summed E-state index contributed by atoms with van der Waals surface area (Å²) in [6.45, 7) is 0.463. The third kappa shape index (κ3) is 4.29. The lowest BCUT2D eigenvalue weighted by Gasteiger charge is -2.06. The number of amides is 1. The Balaban J connectivity index is 1.29. The van der Waals surface area contributed by atoms with E-state index in [1.807, 2.05) is 29.6 Å². The largest absolute Gasteiger partial charge is 0.484 e. The molecule has 0 aliphatic carbocycles. The topological polar surface area (TPSA) is 97.2 Å². The maximum Gasteiger partial charge on any atom is 0.417 e. The van der Waals surface area contributed by atoms with Gasteiger partial charge >= 0.3 is 5.76 Å². The first-order valence-corrected chi connectivity index (χ1v) is 9.57. The lowest BCUT2D eigenvalue weighted by molar-refractivity contribution is -0.123. The summed E-state index contributed by atoms with van der Waals surface area (Å²) in [5.41, 5.74) is 2.84. The van der Waals surface area contributed by atoms with Crippen molar-refractivity contribution in [2.24, 2.45) is 0 Å². The third-order valence-electron chi connectivity index (χ3n) is 4.04. The third-order valence-corrected chi connectivity index (χ3v) is 4.95. The quantitative estimate of drug-likeness (QED) is 0.501. The van der Waals surface area contributed by atoms with Crippen molar-refractivity contribution in [3.8, 4) is 17.0 Å². The smallest absolute Gasteiger partial charge is 0.417 e. The van der Waals surface area contributed by atoms with Crippen LogP contribution in [-0.4, -0.2) is 29.0 Å². The molecule has 1 amide bonds. The van der Waals surface area contributed by atoms with E-state index in [-0.39, 0.29) is 12.5 Å². The number of carbonyl (C=O) groups excluding carboxylic acids is 1. The molecule has 2 N–H and O–H groups in total. The van der Waals surface area contributed by atoms with E-state index in [9.17, 15) is 9.59 Å². The molecule has 2 heterocycles. The first-order chi connectivity index (χ1) is 13.7. The van der Waals surface area contributed by atoms with Gasteiger partial charge in [-0.15, -0.1) is 11.3 Å². The summed E-state index contributed by atoms with van der Waals surface area (Å²) in [4.78, 5) is 30.3. The summed E-state index contributed by atoms with van der Waals surface area (Å²) in [6, 6.07) is 14.7. The number of H-pyrrole nitrogens is 1. The molecule has 0 atom stereocenters. The minimum atomic E-state index is -0.474. The number of rotatable bonds is 7. The second-order valence-electron chi connectivity index (χ2n) is 6.05. The number of para-hydroxylation sites is 1. The number of oxazole rings is 1. The van der Waals surface area contributed by atoms with E-state index < -0.39 is 5.76 Å². The average Bonchev–Trinajstić information content (AvgIpc) is 3.32. The minimum Gasteiger partial charge on any atom is -0.484 e. The molecule has 8 heteroatoms. The number of aromatic amines is 1. The van der Waals surface area contributed by atoms with Gasteiger partial charge in [-0.3, -0.25) is 9.78 Å². The van der Waals surface area contributed by atoms with Gasteiger partial charge in [-0.25, -0.2) is 9.78 Å². The lowest BCUT2D eigenvalue weighted by Crippen LogP contribution is -2.30. The van der Waals surface area contributed by atoms with Crippen LogP contribution in [0.1, 0.15) is 5.01 Å². The Morgan fingerprint density at radius 2 is 2.07 bits per heavy atom. The number of nitrogens with zero attached hydrogens (tertiary/aromatic N) is 1. The summed E-state index contributed by atoms with van der Waals surface area (Å²) in [5.74, 6) is 0.0177. The molecule has 0 spiro atoms. The zero-order chi connectivity index (χ0) is 19.3. The van der Waals surface area contributed by atoms with Gasteiger partial charge in [0.1, 0.15) is 5.75 Å². The van der Waals surface area contributed by atoms with Crippen molar-refractivity contribution < 1.29 is 13.9 Å². The van der Waals surface area contributed by atoms with Crippen molar-refractivity contribution in [1.82, 2.24) is 15.3 Å². The second kappa shape index (κ2) is 8.10. The number of thiazole rings is 1. The van der Waals surface area contributed by atoms with Crippen molar-refractivity contribution >= 4 is 28.3 Å². The van der Waals surface area contributed by atoms with Gasteiger partial charge in [-0.05, 0) is 24.3 Å². The van der Waals surface area contributed by atoms with Gasteiger partial charge in [0.2, 0.25) is 0 Å². The number of nitrogens with one attached hydrogen (secondary N) is 2. The van der Waals surface area contributed by atoms with Crippen LogP contribution < -0.4 is 15.8 Å². The highest BCUT2D eigenvalue weighted by atomic mass is 32.1. The van der Waals surface area contributed by atoms with E-state index in [1.54, 1.807) is 24.3 Å². The summed E-state index contributed by atoms with van der Waals surface area (Å²) in [7, 11) is 0. The molecule has 0 radical (unpaired) electrons. The van der Waals surface area contributed by atoms with E-state index in [0.717, 1.165) is 16.3 Å². The molecule has 7 nitrogen and oxygen atoms in total. The fourth-order valence-corrected chi connectivity index (χ4v) is 3.50. The van der Waals surface area contributed by atoms with Gasteiger partial charge in [0.25, 0.3) is 5.91 Å². The molecule has 0 aliphatic heterocycles. The predicted octanol–water partition coefficient (Wildman–Crippen LogP) is 2.98. The zero-order valence-electron chi connectivity index (χ0n) is 14.8. The van der Waals surface area contributed by atoms with Crippen molar-refractivity contribution in [2.45, 2.75) is 6.42 Å². The first kappa shape index (κ1) is 18.0. The molecule has 2 aromatic heterocycles. The Hall–Kier alpha value is -3.39. The summed E-state index contributed by atoms with van der Waals surface area (Å²) in [6.07, 6.45) is 0.628. The molecule has 0 aliphatic rings. The fraction of sp³-hybridized carbons (Fsp3) is 0.150. The second-order valence-corrected chi connectivity index (χ2v) is 7.00. The van der Waals surface area contributed by atoms with Crippen molar-refractivity contribution in [3.05, 3.63) is 69.5 Å². The number of ether oxygens (including phenoxy) is 1. The Bertz CT molecular complexity index is 1150. The zero-order valence-corrected chi connectivity index (χ0v) is 15.6. The SMILES string of the molecule is O=C(COc1ccccc1)NCCc1nc(-c2ccc3[nH]c(=O)oc3c2)cs1. The highest BCUT2D eigenvalue weighted by Crippen LogP contribution is 2.25. The maximum atomic E-state index is 11.9. The fourth-order valence-electron chi connectivity index (χ4n) is 2.69. The van der Waals surface area contributed by atoms with Crippen LogP contribution in [0.5, 0.6) is 5.75 Å². The molecule has 4 rings (SSSR count). The van der Waals surface area contributed by atoms with Crippen molar-refractivity contribution in [2.75, 3.05) is 13.2 Å². The van der Waals surface area contributed by atoms with Crippen LogP contribution in [0, 0.1) is 0 Å². The molecule has 0 fully saturated rings. The monoisotopic (exact) mass is 395 g/mol. The number of hydrogen-bond acceptors (Lipinski definition) is 6. The van der Waals surface area contributed by atoms with E-state index >= 15 is 0 Å². The highest BCUT2D eigenvalue weighted by Gasteiger charge is 2.09. The van der Waals surface area contributed by atoms with Gasteiger partial charge in [-0.2, -0.15) is 0 Å². The molecule has 0 bridgehead atoms. The average molecular weight is 395 g/mol. The number of aromatic nitrogens is 2. The predicted molar refractivity (Wildman–Crippen MR) is 107 cm³/mol. The Morgan fingerprint density at radius 3 is 2.93 bits per heavy atom. The van der Waals surface area contributed by atoms with Crippen LogP contribution in [0.15, 0.2) is 63.1 Å². The summed E-state index contributed by atoms with van der Waals surface area (Å²) in [5, 5.41) is 5.68. The van der Waals surface area contributed by atoms with Gasteiger partial charge in [0.05, 0.1) is 16.2 Å². The van der Waals surface area contributed by atoms with Crippen molar-refractivity contribution in [1.29, 1.82) is 0 Å². The van der Waals surface area contributed by atoms with Gasteiger partial charge in [0, 0.05) is 23.9 Å². The number of fused-ring (bicyclic) bond motifs is 1. The highest BCUT2D eigenvalue weighted by molar-refractivity contribution is 7.09. The van der Waals surface area contributed by atoms with Crippen LogP contribution in [0.2, 0.25) is 0 Å². The van der Waals surface area contributed by atoms with Crippen LogP contribution in [0.25, 0.3) is 22.4 Å². The molecule has 28 heavy (non-hydrogen) atoms. The maximum absolute atomic E-state index is 11.9. The molecular formula is C20H17N3O4S. The molecule has 0 saturated heterocycles. The Labute approximate surface area is 164 Å². The summed E-state index contributed by atoms with van der Waals surface area (Å²) >= 11 is 1.52. The van der Waals surface area contributed by atoms with Crippen LogP contribution in [0.3, 0.4) is 0 Å². The van der Waals surface area contributed by atoms with E-state index in [1.165, 1.54) is 11.3 Å². The minimum absolute atomic E-state index is 0.0188. The molecule has 142 valence electrons. The molecule has 2 aromatic carbocycles. The molecule has 4 aromatic rings. The lowest BCUT2D eigenvalue weighted by atomic mass is 10.1. The molecular weight excluding hydrogens is 378 g/mol. The van der Waals surface area contributed by atoms with E-state index in [4.69, 9.17) is 9.15 Å². The van der Waals surface area contributed by atoms with E-state index in [2.05, 4.69) is 15.3 Å². The Morgan fingerprint density at radius 1 is 1.21 bits per heavy atom. The van der Waals surface area contributed by atoms with Gasteiger partial charge < -0.3 is 14.5 Å². The normalized spacial score (nSPS) is 10.9. The van der Waals surface area contributed by atoms with Crippen molar-refractivity contribution in [3.63, 3.8) is 0 Å². The van der Waals surface area contributed by atoms with E-state index in [0.29, 0.717) is 29.8 Å². The van der Waals surface area contributed by atoms with Crippen LogP contribution >= 0.6 is 11.3 Å². The van der Waals surface area contributed by atoms with Gasteiger partial charge in [-0.1, -0.05) is 24.3 Å². The molecule has 0 saturated carbocycles. The number of carbonyl (C=O) groups is 1. The summed E-state index contributed by atoms with van der Waals surface area (Å²) < 4.78 is 10.5. The number of hydrogen-bond donors (Lipinski definition) is 2. The van der Waals surface area contributed by atoms with Crippen LogP contribution in [-0.2, 0) is 11.2 Å². The van der Waals surface area contributed by atoms with Gasteiger partial charge in [0.15, 0.2) is 12.2 Å². The molecule has 0 unspecified atom stereocenters. The standard InChI is InChI=1S/C20H17N3O4S/c24-18(11-26-14-4-2-1-3-5-14)21-9-8-19-22-16(12-28-19)13-6-7-15-17(10-13)27-20(25)23-15/h1-7,10,12H,8-9,11H2,(H,21,24)(H,23,25). The first-order valence-electron chi connectivity index (χ1n) is 8.69. The van der Waals surface area contributed by atoms with Crippen LogP contribution in [0.4, 0.5) is 0 Å².